The standard InChI is InChI=1S/C18H23N3O2/c1-14-4-3-5-16(10-14)11-18(13-22)12-21(8-9-23-18)17-6-7-19-15(2)20-17/h3-7,10,22H,8-9,11-13H2,1-2H3/t18-/m1/s1. The van der Waals surface area contributed by atoms with Gasteiger partial charge in [-0.25, -0.2) is 9.97 Å². The molecule has 1 aliphatic rings. The zero-order chi connectivity index (χ0) is 16.3. The Hall–Kier alpha value is -1.98. The van der Waals surface area contributed by atoms with Crippen molar-refractivity contribution in [2.75, 3.05) is 31.2 Å². The fourth-order valence-corrected chi connectivity index (χ4v) is 3.11. The van der Waals surface area contributed by atoms with Gasteiger partial charge in [0.15, 0.2) is 0 Å². The molecule has 5 nitrogen and oxygen atoms in total. The first-order valence-corrected chi connectivity index (χ1v) is 7.95. The number of rotatable bonds is 4. The molecule has 2 heterocycles. The largest absolute Gasteiger partial charge is 0.393 e. The van der Waals surface area contributed by atoms with Gasteiger partial charge in [0.1, 0.15) is 17.2 Å². The van der Waals surface area contributed by atoms with Crippen molar-refractivity contribution in [2.45, 2.75) is 25.9 Å². The first-order chi connectivity index (χ1) is 11.1. The van der Waals surface area contributed by atoms with E-state index >= 15 is 0 Å². The summed E-state index contributed by atoms with van der Waals surface area (Å²) in [6.45, 7) is 5.92. The Bertz CT molecular complexity index is 677. The maximum atomic E-state index is 10.0. The van der Waals surface area contributed by atoms with E-state index in [0.29, 0.717) is 19.6 Å². The Labute approximate surface area is 137 Å². The van der Waals surface area contributed by atoms with Crippen LogP contribution >= 0.6 is 0 Å². The maximum Gasteiger partial charge on any atom is 0.132 e. The summed E-state index contributed by atoms with van der Waals surface area (Å²) in [5.74, 6) is 1.64. The summed E-state index contributed by atoms with van der Waals surface area (Å²) < 4.78 is 6.01. The molecule has 0 bridgehead atoms. The summed E-state index contributed by atoms with van der Waals surface area (Å²) in [7, 11) is 0. The van der Waals surface area contributed by atoms with Crippen LogP contribution in [0.4, 0.5) is 5.82 Å². The van der Waals surface area contributed by atoms with E-state index in [4.69, 9.17) is 4.74 Å². The van der Waals surface area contributed by atoms with Crippen LogP contribution in [0.1, 0.15) is 17.0 Å². The average Bonchev–Trinajstić information content (AvgIpc) is 2.55. The first-order valence-electron chi connectivity index (χ1n) is 7.95. The molecule has 23 heavy (non-hydrogen) atoms. The fraction of sp³-hybridized carbons (Fsp3) is 0.444. The van der Waals surface area contributed by atoms with Crippen LogP contribution in [-0.4, -0.2) is 47.0 Å². The van der Waals surface area contributed by atoms with Crippen molar-refractivity contribution in [1.82, 2.24) is 9.97 Å². The molecule has 1 aromatic heterocycles. The third-order valence-corrected chi connectivity index (χ3v) is 4.23. The van der Waals surface area contributed by atoms with Crippen molar-refractivity contribution < 1.29 is 9.84 Å². The van der Waals surface area contributed by atoms with Crippen LogP contribution in [0, 0.1) is 13.8 Å². The topological polar surface area (TPSA) is 58.5 Å². The molecule has 5 heteroatoms. The summed E-state index contributed by atoms with van der Waals surface area (Å²) >= 11 is 0. The van der Waals surface area contributed by atoms with E-state index in [-0.39, 0.29) is 6.61 Å². The molecular weight excluding hydrogens is 290 g/mol. The number of aliphatic hydroxyl groups excluding tert-OH is 1. The second-order valence-corrected chi connectivity index (χ2v) is 6.24. The summed E-state index contributed by atoms with van der Waals surface area (Å²) in [6.07, 6.45) is 2.46. The number of ether oxygens (including phenoxy) is 1. The average molecular weight is 313 g/mol. The molecule has 1 aromatic carbocycles. The molecule has 2 aromatic rings. The Morgan fingerprint density at radius 3 is 2.91 bits per heavy atom. The highest BCUT2D eigenvalue weighted by Gasteiger charge is 2.37. The molecule has 0 unspecified atom stereocenters. The van der Waals surface area contributed by atoms with Crippen LogP contribution in [-0.2, 0) is 11.2 Å². The van der Waals surface area contributed by atoms with Crippen LogP contribution in [0.5, 0.6) is 0 Å². The first kappa shape index (κ1) is 15.9. The molecule has 1 N–H and O–H groups in total. The zero-order valence-electron chi connectivity index (χ0n) is 13.7. The van der Waals surface area contributed by atoms with Crippen LogP contribution in [0.2, 0.25) is 0 Å². The minimum Gasteiger partial charge on any atom is -0.393 e. The molecule has 0 aliphatic carbocycles. The van der Waals surface area contributed by atoms with Gasteiger partial charge in [-0.3, -0.25) is 0 Å². The summed E-state index contributed by atoms with van der Waals surface area (Å²) in [4.78, 5) is 10.8. The SMILES string of the molecule is Cc1cccc(C[C@]2(CO)CN(c3ccnc(C)n3)CCO2)c1. The molecule has 0 saturated carbocycles. The number of benzene rings is 1. The minimum atomic E-state index is -0.592. The van der Waals surface area contributed by atoms with Crippen molar-refractivity contribution >= 4 is 5.82 Å². The van der Waals surface area contributed by atoms with Crippen molar-refractivity contribution in [3.8, 4) is 0 Å². The van der Waals surface area contributed by atoms with Gasteiger partial charge in [-0.15, -0.1) is 0 Å². The van der Waals surface area contributed by atoms with Crippen LogP contribution in [0.25, 0.3) is 0 Å². The van der Waals surface area contributed by atoms with Crippen LogP contribution in [0.15, 0.2) is 36.5 Å². The van der Waals surface area contributed by atoms with E-state index in [0.717, 1.165) is 18.2 Å². The van der Waals surface area contributed by atoms with E-state index in [1.807, 2.05) is 19.1 Å². The van der Waals surface area contributed by atoms with Gasteiger partial charge in [-0.05, 0) is 25.5 Å². The Kier molecular flexibility index (Phi) is 4.59. The van der Waals surface area contributed by atoms with E-state index < -0.39 is 5.60 Å². The lowest BCUT2D eigenvalue weighted by Gasteiger charge is -2.42. The number of aryl methyl sites for hydroxylation is 2. The third kappa shape index (κ3) is 3.68. The molecule has 0 spiro atoms. The molecule has 1 fully saturated rings. The number of hydrogen-bond acceptors (Lipinski definition) is 5. The van der Waals surface area contributed by atoms with Crippen molar-refractivity contribution in [3.05, 3.63) is 53.5 Å². The van der Waals surface area contributed by atoms with Gasteiger partial charge >= 0.3 is 0 Å². The minimum absolute atomic E-state index is 0.0124. The third-order valence-electron chi connectivity index (χ3n) is 4.23. The second kappa shape index (κ2) is 6.64. The Balaban J connectivity index is 1.81. The highest BCUT2D eigenvalue weighted by Crippen LogP contribution is 2.26. The van der Waals surface area contributed by atoms with Gasteiger partial charge in [-0.1, -0.05) is 29.8 Å². The van der Waals surface area contributed by atoms with Crippen molar-refractivity contribution in [1.29, 1.82) is 0 Å². The number of aromatic nitrogens is 2. The van der Waals surface area contributed by atoms with Crippen LogP contribution in [0.3, 0.4) is 0 Å². The van der Waals surface area contributed by atoms with Gasteiger partial charge < -0.3 is 14.7 Å². The molecule has 0 amide bonds. The smallest absolute Gasteiger partial charge is 0.132 e. The Morgan fingerprint density at radius 1 is 1.30 bits per heavy atom. The number of anilines is 1. The van der Waals surface area contributed by atoms with Gasteiger partial charge in [0.05, 0.1) is 19.8 Å². The molecule has 3 rings (SSSR count). The van der Waals surface area contributed by atoms with Crippen LogP contribution < -0.4 is 4.90 Å². The fourth-order valence-electron chi connectivity index (χ4n) is 3.11. The second-order valence-electron chi connectivity index (χ2n) is 6.24. The van der Waals surface area contributed by atoms with Gasteiger partial charge in [0.25, 0.3) is 0 Å². The molecule has 1 atom stereocenters. The normalized spacial score (nSPS) is 21.4. The predicted octanol–water partition coefficient (Wildman–Crippen LogP) is 1.90. The number of aliphatic hydroxyl groups is 1. The van der Waals surface area contributed by atoms with Gasteiger partial charge in [0, 0.05) is 19.2 Å². The molecule has 122 valence electrons. The van der Waals surface area contributed by atoms with Crippen molar-refractivity contribution in [2.24, 2.45) is 0 Å². The molecule has 1 saturated heterocycles. The zero-order valence-corrected chi connectivity index (χ0v) is 13.7. The predicted molar refractivity (Wildman–Crippen MR) is 89.6 cm³/mol. The van der Waals surface area contributed by atoms with E-state index in [1.54, 1.807) is 6.20 Å². The lowest BCUT2D eigenvalue weighted by atomic mass is 9.92. The monoisotopic (exact) mass is 313 g/mol. The Morgan fingerprint density at radius 2 is 2.17 bits per heavy atom. The summed E-state index contributed by atoms with van der Waals surface area (Å²) in [5, 5.41) is 10.0. The highest BCUT2D eigenvalue weighted by atomic mass is 16.5. The van der Waals surface area contributed by atoms with Gasteiger partial charge in [0.2, 0.25) is 0 Å². The molecule has 0 radical (unpaired) electrons. The lowest BCUT2D eigenvalue weighted by Crippen LogP contribution is -2.55. The van der Waals surface area contributed by atoms with E-state index in [2.05, 4.69) is 40.0 Å². The van der Waals surface area contributed by atoms with E-state index in [1.165, 1.54) is 11.1 Å². The van der Waals surface area contributed by atoms with Gasteiger partial charge in [-0.2, -0.15) is 0 Å². The lowest BCUT2D eigenvalue weighted by molar-refractivity contribution is -0.0869. The number of nitrogens with zero attached hydrogens (tertiary/aromatic N) is 3. The van der Waals surface area contributed by atoms with E-state index in [9.17, 15) is 5.11 Å². The summed E-state index contributed by atoms with van der Waals surface area (Å²) in [5.41, 5.74) is 1.81. The maximum absolute atomic E-state index is 10.0. The molecular formula is C18H23N3O2. The quantitative estimate of drug-likeness (QED) is 0.934. The highest BCUT2D eigenvalue weighted by molar-refractivity contribution is 5.39. The molecule has 1 aliphatic heterocycles. The van der Waals surface area contributed by atoms with Crippen molar-refractivity contribution in [3.63, 3.8) is 0 Å². The number of morpholine rings is 1. The number of hydrogen-bond donors (Lipinski definition) is 1. The summed E-state index contributed by atoms with van der Waals surface area (Å²) in [6, 6.07) is 10.3.